The number of hydrogen-bond donors (Lipinski definition) is 1. The second-order valence-electron chi connectivity index (χ2n) is 5.16. The Bertz CT molecular complexity index is 389. The average Bonchev–Trinajstić information content (AvgIpc) is 2.53. The first-order chi connectivity index (χ1) is 8.11. The zero-order valence-electron chi connectivity index (χ0n) is 10.9. The number of aryl methyl sites for hydroxylation is 2. The minimum Gasteiger partial charge on any atom is -0.392 e. The van der Waals surface area contributed by atoms with Crippen LogP contribution in [0.5, 0.6) is 0 Å². The minimum atomic E-state index is 0.101. The number of rotatable bonds is 3. The van der Waals surface area contributed by atoms with E-state index >= 15 is 0 Å². The average molecular weight is 254 g/mol. The third-order valence-electron chi connectivity index (χ3n) is 3.61. The van der Waals surface area contributed by atoms with Gasteiger partial charge in [-0.25, -0.2) is 0 Å². The van der Waals surface area contributed by atoms with Gasteiger partial charge in [0.2, 0.25) is 0 Å². The smallest absolute Gasteiger partial charge is 0.0997 e. The molecule has 17 heavy (non-hydrogen) atoms. The van der Waals surface area contributed by atoms with E-state index in [1.165, 1.54) is 25.7 Å². The molecule has 2 rings (SSSR count). The van der Waals surface area contributed by atoms with E-state index in [0.717, 1.165) is 22.2 Å². The highest BCUT2D eigenvalue weighted by Crippen LogP contribution is 2.37. The fourth-order valence-corrected chi connectivity index (χ4v) is 4.23. The molecule has 1 aliphatic rings. The van der Waals surface area contributed by atoms with Gasteiger partial charge in [-0.05, 0) is 25.7 Å². The van der Waals surface area contributed by atoms with Gasteiger partial charge in [0.1, 0.15) is 0 Å². The zero-order valence-corrected chi connectivity index (χ0v) is 11.8. The monoisotopic (exact) mass is 254 g/mol. The highest BCUT2D eigenvalue weighted by atomic mass is 32.2. The summed E-state index contributed by atoms with van der Waals surface area (Å²) in [6.07, 6.45) is 5.29. The molecule has 3 nitrogen and oxygen atoms in total. The Morgan fingerprint density at radius 3 is 2.88 bits per heavy atom. The summed E-state index contributed by atoms with van der Waals surface area (Å²) in [6.45, 7) is 4.41. The largest absolute Gasteiger partial charge is 0.392 e. The van der Waals surface area contributed by atoms with Crippen molar-refractivity contribution in [3.05, 3.63) is 11.3 Å². The first kappa shape index (κ1) is 13.0. The summed E-state index contributed by atoms with van der Waals surface area (Å²) < 4.78 is 1.92. The van der Waals surface area contributed by atoms with Crippen molar-refractivity contribution in [2.45, 2.75) is 56.4 Å². The Hall–Kier alpha value is -0.480. The molecule has 4 heteroatoms. The van der Waals surface area contributed by atoms with Crippen LogP contribution in [0, 0.1) is 12.8 Å². The van der Waals surface area contributed by atoms with Crippen molar-refractivity contribution in [2.75, 3.05) is 0 Å². The third kappa shape index (κ3) is 2.86. The van der Waals surface area contributed by atoms with Crippen molar-refractivity contribution in [3.63, 3.8) is 0 Å². The van der Waals surface area contributed by atoms with E-state index in [1.54, 1.807) is 0 Å². The summed E-state index contributed by atoms with van der Waals surface area (Å²) in [6, 6.07) is 0. The summed E-state index contributed by atoms with van der Waals surface area (Å²) in [5, 5.41) is 15.7. The van der Waals surface area contributed by atoms with Crippen LogP contribution in [0.25, 0.3) is 0 Å². The number of thioether (sulfide) groups is 1. The van der Waals surface area contributed by atoms with Crippen LogP contribution in [-0.2, 0) is 13.7 Å². The van der Waals surface area contributed by atoms with Gasteiger partial charge in [0, 0.05) is 17.9 Å². The summed E-state index contributed by atoms with van der Waals surface area (Å²) in [5.74, 6) is 0.841. The van der Waals surface area contributed by atoms with E-state index in [9.17, 15) is 5.11 Å². The van der Waals surface area contributed by atoms with E-state index in [2.05, 4.69) is 12.0 Å². The minimum absolute atomic E-state index is 0.101. The zero-order chi connectivity index (χ0) is 12.4. The van der Waals surface area contributed by atoms with Gasteiger partial charge >= 0.3 is 0 Å². The van der Waals surface area contributed by atoms with Crippen molar-refractivity contribution in [2.24, 2.45) is 13.0 Å². The van der Waals surface area contributed by atoms with Gasteiger partial charge in [0.05, 0.1) is 17.3 Å². The molecule has 0 radical (unpaired) electrons. The molecule has 0 saturated heterocycles. The van der Waals surface area contributed by atoms with Gasteiger partial charge in [-0.2, -0.15) is 5.10 Å². The molecule has 1 aromatic heterocycles. The molecule has 1 aliphatic carbocycles. The molecule has 1 N–H and O–H groups in total. The predicted octanol–water partition coefficient (Wildman–Crippen LogP) is 2.89. The maximum absolute atomic E-state index is 9.43. The second-order valence-corrected chi connectivity index (χ2v) is 6.45. The molecule has 2 unspecified atom stereocenters. The van der Waals surface area contributed by atoms with Crippen molar-refractivity contribution in [3.8, 4) is 0 Å². The molecule has 0 spiro atoms. The summed E-state index contributed by atoms with van der Waals surface area (Å²) in [4.78, 5) is 0. The molecule has 1 aromatic rings. The summed E-state index contributed by atoms with van der Waals surface area (Å²) in [5.41, 5.74) is 1.97. The van der Waals surface area contributed by atoms with E-state index in [1.807, 2.05) is 30.4 Å². The van der Waals surface area contributed by atoms with Crippen molar-refractivity contribution in [1.82, 2.24) is 9.78 Å². The quantitative estimate of drug-likeness (QED) is 0.901. The second kappa shape index (κ2) is 5.44. The van der Waals surface area contributed by atoms with Crippen LogP contribution in [-0.4, -0.2) is 20.1 Å². The van der Waals surface area contributed by atoms with Crippen molar-refractivity contribution in [1.29, 1.82) is 0 Å². The SMILES string of the molecule is Cc1nn(C)c(SC2CCCC(C)C2)c1CO. The highest BCUT2D eigenvalue weighted by molar-refractivity contribution is 7.99. The molecular weight excluding hydrogens is 232 g/mol. The van der Waals surface area contributed by atoms with Crippen LogP contribution in [0.3, 0.4) is 0 Å². The van der Waals surface area contributed by atoms with Gasteiger partial charge in [0.25, 0.3) is 0 Å². The lowest BCUT2D eigenvalue weighted by atomic mass is 9.91. The molecule has 0 aromatic carbocycles. The molecule has 0 amide bonds. The number of hydrogen-bond acceptors (Lipinski definition) is 3. The van der Waals surface area contributed by atoms with Gasteiger partial charge in [-0.15, -0.1) is 11.8 Å². The highest BCUT2D eigenvalue weighted by Gasteiger charge is 2.23. The predicted molar refractivity (Wildman–Crippen MR) is 71.1 cm³/mol. The van der Waals surface area contributed by atoms with Crippen LogP contribution >= 0.6 is 11.8 Å². The summed E-state index contributed by atoms with van der Waals surface area (Å²) in [7, 11) is 1.97. The Balaban J connectivity index is 2.12. The molecule has 2 atom stereocenters. The first-order valence-corrected chi connectivity index (χ1v) is 7.29. The number of aromatic nitrogens is 2. The van der Waals surface area contributed by atoms with Crippen LogP contribution in [0.2, 0.25) is 0 Å². The van der Waals surface area contributed by atoms with Gasteiger partial charge in [0.15, 0.2) is 0 Å². The molecule has 96 valence electrons. The fourth-order valence-electron chi connectivity index (χ4n) is 2.65. The normalized spacial score (nSPS) is 25.2. The lowest BCUT2D eigenvalue weighted by Crippen LogP contribution is -2.15. The maximum atomic E-state index is 9.43. The summed E-state index contributed by atoms with van der Waals surface area (Å²) >= 11 is 1.91. The first-order valence-electron chi connectivity index (χ1n) is 6.41. The lowest BCUT2D eigenvalue weighted by molar-refractivity contribution is 0.277. The van der Waals surface area contributed by atoms with E-state index in [-0.39, 0.29) is 6.61 Å². The molecule has 0 bridgehead atoms. The Labute approximate surface area is 108 Å². The van der Waals surface area contributed by atoms with E-state index < -0.39 is 0 Å². The Morgan fingerprint density at radius 1 is 1.47 bits per heavy atom. The third-order valence-corrected chi connectivity index (χ3v) is 5.11. The van der Waals surface area contributed by atoms with Crippen LogP contribution in [0.4, 0.5) is 0 Å². The molecule has 1 heterocycles. The van der Waals surface area contributed by atoms with Gasteiger partial charge in [-0.3, -0.25) is 4.68 Å². The van der Waals surface area contributed by atoms with E-state index in [0.29, 0.717) is 5.25 Å². The van der Waals surface area contributed by atoms with Gasteiger partial charge in [-0.1, -0.05) is 19.8 Å². The number of aliphatic hydroxyl groups excluding tert-OH is 1. The maximum Gasteiger partial charge on any atom is 0.0997 e. The van der Waals surface area contributed by atoms with Crippen LogP contribution < -0.4 is 0 Å². The molecule has 0 aliphatic heterocycles. The van der Waals surface area contributed by atoms with Crippen molar-refractivity contribution < 1.29 is 5.11 Å². The lowest BCUT2D eigenvalue weighted by Gasteiger charge is -2.26. The molecule has 1 fully saturated rings. The standard InChI is InChI=1S/C13H22N2OS/c1-9-5-4-6-11(7-9)17-13-12(8-16)10(2)14-15(13)3/h9,11,16H,4-8H2,1-3H3. The van der Waals surface area contributed by atoms with Crippen LogP contribution in [0.15, 0.2) is 5.03 Å². The fraction of sp³-hybridized carbons (Fsp3) is 0.769. The topological polar surface area (TPSA) is 38.0 Å². The number of nitrogens with zero attached hydrogens (tertiary/aromatic N) is 2. The number of aliphatic hydroxyl groups is 1. The molecule has 1 saturated carbocycles. The van der Waals surface area contributed by atoms with Crippen molar-refractivity contribution >= 4 is 11.8 Å². The van der Waals surface area contributed by atoms with Gasteiger partial charge < -0.3 is 5.11 Å². The van der Waals surface area contributed by atoms with Crippen LogP contribution in [0.1, 0.15) is 43.9 Å². The Morgan fingerprint density at radius 2 is 2.24 bits per heavy atom. The van der Waals surface area contributed by atoms with E-state index in [4.69, 9.17) is 0 Å². The Kier molecular flexibility index (Phi) is 4.15. The molecular formula is C13H22N2OS.